The average molecular weight is 384 g/mol. The highest BCUT2D eigenvalue weighted by Gasteiger charge is 2.44. The molecule has 1 aromatic rings. The van der Waals surface area contributed by atoms with Crippen molar-refractivity contribution in [1.82, 2.24) is 15.5 Å². The third-order valence-electron chi connectivity index (χ3n) is 5.90. The highest BCUT2D eigenvalue weighted by molar-refractivity contribution is 6.23. The first-order valence-corrected chi connectivity index (χ1v) is 9.58. The summed E-state index contributed by atoms with van der Waals surface area (Å²) in [6, 6.07) is 4.52. The van der Waals surface area contributed by atoms with Gasteiger partial charge in [0.2, 0.25) is 11.8 Å². The Morgan fingerprint density at radius 2 is 1.89 bits per heavy atom. The Bertz CT molecular complexity index is 875. The number of carbonyl (C=O) groups is 4. The van der Waals surface area contributed by atoms with Crippen molar-refractivity contribution in [1.29, 1.82) is 0 Å². The summed E-state index contributed by atoms with van der Waals surface area (Å²) in [6.07, 6.45) is 2.27. The molecule has 28 heavy (non-hydrogen) atoms. The molecule has 1 atom stereocenters. The number of amides is 4. The average Bonchev–Trinajstić information content (AvgIpc) is 2.85. The van der Waals surface area contributed by atoms with Crippen LogP contribution < -0.4 is 16.4 Å². The predicted molar refractivity (Wildman–Crippen MR) is 100 cm³/mol. The van der Waals surface area contributed by atoms with Gasteiger partial charge >= 0.3 is 0 Å². The summed E-state index contributed by atoms with van der Waals surface area (Å²) in [5, 5.41) is 5.60. The first-order chi connectivity index (χ1) is 13.3. The molecule has 4 rings (SSSR count). The van der Waals surface area contributed by atoms with E-state index in [1.54, 1.807) is 12.1 Å². The molecule has 3 aliphatic rings. The lowest BCUT2D eigenvalue weighted by atomic mass is 9.67. The number of rotatable bonds is 5. The van der Waals surface area contributed by atoms with Gasteiger partial charge in [-0.25, -0.2) is 0 Å². The van der Waals surface area contributed by atoms with E-state index >= 15 is 0 Å². The van der Waals surface area contributed by atoms with Crippen LogP contribution in [-0.4, -0.2) is 47.2 Å². The van der Waals surface area contributed by atoms with Gasteiger partial charge in [0, 0.05) is 25.6 Å². The number of imide groups is 2. The van der Waals surface area contributed by atoms with E-state index in [1.807, 2.05) is 6.07 Å². The third-order valence-corrected chi connectivity index (χ3v) is 5.90. The first kappa shape index (κ1) is 18.8. The summed E-state index contributed by atoms with van der Waals surface area (Å²) in [7, 11) is 0. The summed E-state index contributed by atoms with van der Waals surface area (Å²) in [6.45, 7) is 3.62. The Morgan fingerprint density at radius 3 is 2.57 bits per heavy atom. The third kappa shape index (κ3) is 3.22. The van der Waals surface area contributed by atoms with Crippen LogP contribution in [0.3, 0.4) is 0 Å². The van der Waals surface area contributed by atoms with Gasteiger partial charge in [-0.3, -0.25) is 29.4 Å². The van der Waals surface area contributed by atoms with E-state index in [4.69, 9.17) is 5.73 Å². The van der Waals surface area contributed by atoms with Crippen LogP contribution in [0.15, 0.2) is 18.2 Å². The largest absolute Gasteiger partial charge is 0.328 e. The Balaban J connectivity index is 1.45. The van der Waals surface area contributed by atoms with Gasteiger partial charge in [0.15, 0.2) is 0 Å². The molecule has 0 spiro atoms. The molecule has 1 aromatic carbocycles. The zero-order valence-electron chi connectivity index (χ0n) is 15.8. The van der Waals surface area contributed by atoms with Crippen LogP contribution in [0, 0.1) is 5.41 Å². The molecule has 2 heterocycles. The number of fused-ring (bicyclic) bond motifs is 1. The SMILES string of the molecule is CC1(CNCc2ccc3c(c2)C(=O)N(C2CCC(=O)NC2=O)C3=O)CC(N)C1. The molecule has 0 bridgehead atoms. The van der Waals surface area contributed by atoms with E-state index in [-0.39, 0.29) is 30.2 Å². The lowest BCUT2D eigenvalue weighted by molar-refractivity contribution is -0.136. The Hall–Kier alpha value is -2.58. The van der Waals surface area contributed by atoms with Crippen molar-refractivity contribution in [2.24, 2.45) is 11.1 Å². The fourth-order valence-electron chi connectivity index (χ4n) is 4.49. The number of benzene rings is 1. The van der Waals surface area contributed by atoms with Crippen LogP contribution in [0.25, 0.3) is 0 Å². The highest BCUT2D eigenvalue weighted by atomic mass is 16.2. The number of hydrogen-bond acceptors (Lipinski definition) is 6. The lowest BCUT2D eigenvalue weighted by Gasteiger charge is -2.43. The second-order valence-corrected chi connectivity index (χ2v) is 8.41. The second kappa shape index (κ2) is 6.79. The van der Waals surface area contributed by atoms with Crippen LogP contribution in [0.5, 0.6) is 0 Å². The summed E-state index contributed by atoms with van der Waals surface area (Å²) >= 11 is 0. The molecule has 2 aliphatic heterocycles. The van der Waals surface area contributed by atoms with E-state index in [0.717, 1.165) is 29.8 Å². The molecule has 1 saturated heterocycles. The number of carbonyl (C=O) groups excluding carboxylic acids is 4. The summed E-state index contributed by atoms with van der Waals surface area (Å²) in [4.78, 5) is 49.9. The zero-order chi connectivity index (χ0) is 20.1. The van der Waals surface area contributed by atoms with Gasteiger partial charge < -0.3 is 11.1 Å². The summed E-state index contributed by atoms with van der Waals surface area (Å²) in [5.41, 5.74) is 7.59. The van der Waals surface area contributed by atoms with Crippen molar-refractivity contribution in [2.75, 3.05) is 6.54 Å². The minimum absolute atomic E-state index is 0.113. The van der Waals surface area contributed by atoms with Gasteiger partial charge in [0.25, 0.3) is 11.8 Å². The van der Waals surface area contributed by atoms with Gasteiger partial charge in [0.05, 0.1) is 11.1 Å². The number of hydrogen-bond donors (Lipinski definition) is 3. The molecule has 1 saturated carbocycles. The fourth-order valence-corrected chi connectivity index (χ4v) is 4.49. The summed E-state index contributed by atoms with van der Waals surface area (Å²) in [5.74, 6) is -1.94. The molecule has 1 aliphatic carbocycles. The molecule has 0 aromatic heterocycles. The van der Waals surface area contributed by atoms with Gasteiger partial charge in [0.1, 0.15) is 6.04 Å². The maximum Gasteiger partial charge on any atom is 0.262 e. The number of piperidine rings is 1. The summed E-state index contributed by atoms with van der Waals surface area (Å²) < 4.78 is 0. The van der Waals surface area contributed by atoms with Gasteiger partial charge in [-0.1, -0.05) is 13.0 Å². The Labute approximate surface area is 162 Å². The fraction of sp³-hybridized carbons (Fsp3) is 0.500. The van der Waals surface area contributed by atoms with E-state index < -0.39 is 23.8 Å². The van der Waals surface area contributed by atoms with Crippen LogP contribution >= 0.6 is 0 Å². The van der Waals surface area contributed by atoms with E-state index in [1.165, 1.54) is 0 Å². The molecule has 148 valence electrons. The maximum atomic E-state index is 12.8. The molecule has 4 N–H and O–H groups in total. The molecular weight excluding hydrogens is 360 g/mol. The molecular formula is C20H24N4O4. The van der Waals surface area contributed by atoms with Crippen LogP contribution in [0.4, 0.5) is 0 Å². The molecule has 0 radical (unpaired) electrons. The van der Waals surface area contributed by atoms with Crippen molar-refractivity contribution in [3.05, 3.63) is 34.9 Å². The smallest absolute Gasteiger partial charge is 0.262 e. The molecule has 8 nitrogen and oxygen atoms in total. The van der Waals surface area contributed by atoms with Crippen molar-refractivity contribution in [3.63, 3.8) is 0 Å². The molecule has 1 unspecified atom stereocenters. The maximum absolute atomic E-state index is 12.8. The van der Waals surface area contributed by atoms with E-state index in [0.29, 0.717) is 17.7 Å². The van der Waals surface area contributed by atoms with Crippen LogP contribution in [-0.2, 0) is 16.1 Å². The lowest BCUT2D eigenvalue weighted by Crippen LogP contribution is -2.54. The monoisotopic (exact) mass is 384 g/mol. The number of nitrogens with one attached hydrogen (secondary N) is 2. The van der Waals surface area contributed by atoms with Crippen molar-refractivity contribution in [3.8, 4) is 0 Å². The topological polar surface area (TPSA) is 122 Å². The Kier molecular flexibility index (Phi) is 4.55. The highest BCUT2D eigenvalue weighted by Crippen LogP contribution is 2.38. The quantitative estimate of drug-likeness (QED) is 0.628. The van der Waals surface area contributed by atoms with Gasteiger partial charge in [-0.05, 0) is 42.4 Å². The van der Waals surface area contributed by atoms with E-state index in [2.05, 4.69) is 17.6 Å². The van der Waals surface area contributed by atoms with Crippen molar-refractivity contribution >= 4 is 23.6 Å². The Morgan fingerprint density at radius 1 is 1.18 bits per heavy atom. The van der Waals surface area contributed by atoms with Crippen molar-refractivity contribution in [2.45, 2.75) is 51.2 Å². The normalized spacial score (nSPS) is 29.6. The molecule has 2 fully saturated rings. The standard InChI is InChI=1S/C20H24N4O4/c1-20(7-12(21)8-20)10-22-9-11-2-3-13-14(6-11)19(28)24(18(13)27)15-4-5-16(25)23-17(15)26/h2-3,6,12,15,22H,4-5,7-10,21H2,1H3,(H,23,25,26). The van der Waals surface area contributed by atoms with Gasteiger partial charge in [-0.2, -0.15) is 0 Å². The molecule has 4 amide bonds. The van der Waals surface area contributed by atoms with Crippen molar-refractivity contribution < 1.29 is 19.2 Å². The van der Waals surface area contributed by atoms with Crippen LogP contribution in [0.1, 0.15) is 58.9 Å². The zero-order valence-corrected chi connectivity index (χ0v) is 15.8. The first-order valence-electron chi connectivity index (χ1n) is 9.58. The van der Waals surface area contributed by atoms with Crippen LogP contribution in [0.2, 0.25) is 0 Å². The molecule has 8 heteroatoms. The second-order valence-electron chi connectivity index (χ2n) is 8.41. The number of nitrogens with two attached hydrogens (primary N) is 1. The minimum Gasteiger partial charge on any atom is -0.328 e. The van der Waals surface area contributed by atoms with E-state index in [9.17, 15) is 19.2 Å². The number of nitrogens with zero attached hydrogens (tertiary/aromatic N) is 1. The minimum atomic E-state index is -0.936. The van der Waals surface area contributed by atoms with Gasteiger partial charge in [-0.15, -0.1) is 0 Å². The predicted octanol–water partition coefficient (Wildman–Crippen LogP) is 0.305.